The molecule has 0 unspecified atom stereocenters. The largest absolute Gasteiger partial charge is 0.379 e. The van der Waals surface area contributed by atoms with Crippen molar-refractivity contribution in [1.82, 2.24) is 14.3 Å². The minimum Gasteiger partial charge on any atom is -0.379 e. The highest BCUT2D eigenvalue weighted by atomic mass is 16.5. The molecule has 0 amide bonds. The van der Waals surface area contributed by atoms with Crippen molar-refractivity contribution in [3.05, 3.63) is 35.8 Å². The Hall–Kier alpha value is -1.39. The second kappa shape index (κ2) is 5.08. The van der Waals surface area contributed by atoms with Crippen molar-refractivity contribution in [2.45, 2.75) is 13.3 Å². The number of ether oxygens (including phenoxy) is 1. The molecule has 18 heavy (non-hydrogen) atoms. The van der Waals surface area contributed by atoms with Crippen molar-refractivity contribution < 1.29 is 4.74 Å². The number of hydrogen-bond acceptors (Lipinski definition) is 3. The Kier molecular flexibility index (Phi) is 3.30. The third kappa shape index (κ3) is 2.54. The average molecular weight is 245 g/mol. The van der Waals surface area contributed by atoms with Gasteiger partial charge in [0.1, 0.15) is 5.65 Å². The van der Waals surface area contributed by atoms with Crippen LogP contribution in [0.4, 0.5) is 0 Å². The summed E-state index contributed by atoms with van der Waals surface area (Å²) >= 11 is 0. The van der Waals surface area contributed by atoms with E-state index in [2.05, 4.69) is 45.7 Å². The van der Waals surface area contributed by atoms with Crippen LogP contribution in [-0.4, -0.2) is 47.1 Å². The lowest BCUT2D eigenvalue weighted by Crippen LogP contribution is -2.37. The normalized spacial score (nSPS) is 17.4. The average Bonchev–Trinajstić information content (AvgIpc) is 2.79. The molecule has 1 aliphatic heterocycles. The molecule has 2 aromatic heterocycles. The SMILES string of the molecule is Cc1ccc2nc(CCN3CCOCC3)cn2c1. The van der Waals surface area contributed by atoms with Crippen LogP contribution in [0.5, 0.6) is 0 Å². The molecular formula is C14H19N3O. The molecular weight excluding hydrogens is 226 g/mol. The van der Waals surface area contributed by atoms with Crippen LogP contribution < -0.4 is 0 Å². The fourth-order valence-electron chi connectivity index (χ4n) is 2.37. The van der Waals surface area contributed by atoms with Gasteiger partial charge in [-0.3, -0.25) is 4.90 Å². The second-order valence-corrected chi connectivity index (χ2v) is 4.91. The zero-order valence-corrected chi connectivity index (χ0v) is 10.8. The zero-order chi connectivity index (χ0) is 12.4. The van der Waals surface area contributed by atoms with Gasteiger partial charge >= 0.3 is 0 Å². The summed E-state index contributed by atoms with van der Waals surface area (Å²) in [5.41, 5.74) is 3.48. The van der Waals surface area contributed by atoms with Crippen LogP contribution in [0.15, 0.2) is 24.5 Å². The van der Waals surface area contributed by atoms with Gasteiger partial charge in [-0.2, -0.15) is 0 Å². The van der Waals surface area contributed by atoms with E-state index in [1.165, 1.54) is 11.3 Å². The molecule has 1 saturated heterocycles. The molecule has 0 bridgehead atoms. The fraction of sp³-hybridized carbons (Fsp3) is 0.500. The zero-order valence-electron chi connectivity index (χ0n) is 10.8. The van der Waals surface area contributed by atoms with Crippen LogP contribution >= 0.6 is 0 Å². The van der Waals surface area contributed by atoms with Crippen molar-refractivity contribution in [3.63, 3.8) is 0 Å². The molecule has 2 aromatic rings. The summed E-state index contributed by atoms with van der Waals surface area (Å²) in [6, 6.07) is 4.18. The lowest BCUT2D eigenvalue weighted by molar-refractivity contribution is 0.0383. The van der Waals surface area contributed by atoms with Gasteiger partial charge in [0, 0.05) is 38.4 Å². The second-order valence-electron chi connectivity index (χ2n) is 4.91. The molecule has 0 spiro atoms. The van der Waals surface area contributed by atoms with Gasteiger partial charge in [-0.15, -0.1) is 0 Å². The minimum absolute atomic E-state index is 0.865. The first-order chi connectivity index (χ1) is 8.81. The molecule has 0 aromatic carbocycles. The van der Waals surface area contributed by atoms with Crippen molar-refractivity contribution >= 4 is 5.65 Å². The third-order valence-corrected chi connectivity index (χ3v) is 3.44. The van der Waals surface area contributed by atoms with Crippen LogP contribution in [0.2, 0.25) is 0 Å². The van der Waals surface area contributed by atoms with Gasteiger partial charge in [-0.05, 0) is 18.6 Å². The number of aryl methyl sites for hydroxylation is 1. The lowest BCUT2D eigenvalue weighted by Gasteiger charge is -2.26. The minimum atomic E-state index is 0.865. The summed E-state index contributed by atoms with van der Waals surface area (Å²) in [5, 5.41) is 0. The quantitative estimate of drug-likeness (QED) is 0.821. The van der Waals surface area contributed by atoms with Gasteiger partial charge in [0.2, 0.25) is 0 Å². The Morgan fingerprint density at radius 1 is 1.22 bits per heavy atom. The van der Waals surface area contributed by atoms with Crippen molar-refractivity contribution in [2.75, 3.05) is 32.8 Å². The first-order valence-electron chi connectivity index (χ1n) is 6.55. The first kappa shape index (κ1) is 11.7. The van der Waals surface area contributed by atoms with E-state index in [1.54, 1.807) is 0 Å². The Balaban J connectivity index is 1.67. The van der Waals surface area contributed by atoms with E-state index in [-0.39, 0.29) is 0 Å². The molecule has 3 rings (SSSR count). The Bertz CT molecular complexity index is 529. The topological polar surface area (TPSA) is 29.8 Å². The molecule has 4 heteroatoms. The maximum Gasteiger partial charge on any atom is 0.136 e. The van der Waals surface area contributed by atoms with Crippen molar-refractivity contribution in [2.24, 2.45) is 0 Å². The van der Waals surface area contributed by atoms with Crippen LogP contribution in [0.1, 0.15) is 11.3 Å². The number of aromatic nitrogens is 2. The predicted octanol–water partition coefficient (Wildman–Crippen LogP) is 1.52. The van der Waals surface area contributed by atoms with E-state index in [9.17, 15) is 0 Å². The van der Waals surface area contributed by atoms with E-state index in [1.807, 2.05) is 0 Å². The standard InChI is InChI=1S/C14H19N3O/c1-12-2-3-14-15-13(11-17(14)10-12)4-5-16-6-8-18-9-7-16/h2-3,10-11H,4-9H2,1H3. The first-order valence-corrected chi connectivity index (χ1v) is 6.55. The number of hydrogen-bond donors (Lipinski definition) is 0. The van der Waals surface area contributed by atoms with E-state index < -0.39 is 0 Å². The van der Waals surface area contributed by atoms with Crippen LogP contribution in [0, 0.1) is 6.92 Å². The van der Waals surface area contributed by atoms with Gasteiger partial charge in [0.15, 0.2) is 0 Å². The summed E-state index contributed by atoms with van der Waals surface area (Å²) in [6.07, 6.45) is 5.28. The van der Waals surface area contributed by atoms with Gasteiger partial charge < -0.3 is 9.14 Å². The molecule has 0 saturated carbocycles. The highest BCUT2D eigenvalue weighted by Gasteiger charge is 2.10. The van der Waals surface area contributed by atoms with Crippen LogP contribution in [-0.2, 0) is 11.2 Å². The summed E-state index contributed by atoms with van der Waals surface area (Å²) in [5.74, 6) is 0. The summed E-state index contributed by atoms with van der Waals surface area (Å²) in [7, 11) is 0. The molecule has 96 valence electrons. The molecule has 0 radical (unpaired) electrons. The van der Waals surface area contributed by atoms with Gasteiger partial charge in [0.05, 0.1) is 18.9 Å². The van der Waals surface area contributed by atoms with Crippen molar-refractivity contribution in [1.29, 1.82) is 0 Å². The van der Waals surface area contributed by atoms with Crippen LogP contribution in [0.3, 0.4) is 0 Å². The summed E-state index contributed by atoms with van der Waals surface area (Å²) in [6.45, 7) is 7.01. The van der Waals surface area contributed by atoms with Gasteiger partial charge in [0.25, 0.3) is 0 Å². The summed E-state index contributed by atoms with van der Waals surface area (Å²) < 4.78 is 7.47. The predicted molar refractivity (Wildman–Crippen MR) is 70.9 cm³/mol. The number of nitrogens with zero attached hydrogens (tertiary/aromatic N) is 3. The number of morpholine rings is 1. The van der Waals surface area contributed by atoms with E-state index in [4.69, 9.17) is 4.74 Å². The van der Waals surface area contributed by atoms with Crippen LogP contribution in [0.25, 0.3) is 5.65 Å². The molecule has 3 heterocycles. The smallest absolute Gasteiger partial charge is 0.136 e. The molecule has 0 aliphatic carbocycles. The highest BCUT2D eigenvalue weighted by molar-refractivity contribution is 5.41. The van der Waals surface area contributed by atoms with Crippen molar-refractivity contribution in [3.8, 4) is 0 Å². The fourth-order valence-corrected chi connectivity index (χ4v) is 2.37. The third-order valence-electron chi connectivity index (χ3n) is 3.44. The molecule has 0 atom stereocenters. The molecule has 1 fully saturated rings. The number of imidazole rings is 1. The Morgan fingerprint density at radius 3 is 2.89 bits per heavy atom. The number of fused-ring (bicyclic) bond motifs is 1. The maximum absolute atomic E-state index is 5.35. The molecule has 1 aliphatic rings. The molecule has 0 N–H and O–H groups in total. The maximum atomic E-state index is 5.35. The van der Waals surface area contributed by atoms with Gasteiger partial charge in [-0.1, -0.05) is 6.07 Å². The lowest BCUT2D eigenvalue weighted by atomic mass is 10.3. The van der Waals surface area contributed by atoms with E-state index >= 15 is 0 Å². The van der Waals surface area contributed by atoms with Gasteiger partial charge in [-0.25, -0.2) is 4.98 Å². The summed E-state index contributed by atoms with van der Waals surface area (Å²) in [4.78, 5) is 7.09. The van der Waals surface area contributed by atoms with E-state index in [0.717, 1.165) is 44.9 Å². The Labute approximate surface area is 107 Å². The monoisotopic (exact) mass is 245 g/mol. The highest BCUT2D eigenvalue weighted by Crippen LogP contribution is 2.08. The van der Waals surface area contributed by atoms with E-state index in [0.29, 0.717) is 0 Å². The molecule has 4 nitrogen and oxygen atoms in total. The Morgan fingerprint density at radius 2 is 2.06 bits per heavy atom. The number of pyridine rings is 1. The number of rotatable bonds is 3.